The van der Waals surface area contributed by atoms with Crippen molar-refractivity contribution in [3.05, 3.63) is 40.6 Å². The van der Waals surface area contributed by atoms with Crippen molar-refractivity contribution in [3.63, 3.8) is 0 Å². The molecular formula is C13H15N3. The van der Waals surface area contributed by atoms with Gasteiger partial charge in [-0.3, -0.25) is 5.41 Å². The highest BCUT2D eigenvalue weighted by molar-refractivity contribution is 5.97. The van der Waals surface area contributed by atoms with E-state index >= 15 is 0 Å². The van der Waals surface area contributed by atoms with Crippen LogP contribution < -0.4 is 5.73 Å². The number of fused-ring (bicyclic) bond motifs is 1. The minimum Gasteiger partial charge on any atom is -0.382 e. The van der Waals surface area contributed by atoms with Crippen LogP contribution in [0.2, 0.25) is 0 Å². The SMILES string of the molecule is Cc1cc(C)c2c(C)cc(C(=N)N)nc2c1. The number of nitrogen functional groups attached to an aromatic ring is 1. The fraction of sp³-hybridized carbons (Fsp3) is 0.231. The highest BCUT2D eigenvalue weighted by Gasteiger charge is 2.07. The van der Waals surface area contributed by atoms with Crippen molar-refractivity contribution >= 4 is 16.7 Å². The molecule has 1 heterocycles. The first-order valence-corrected chi connectivity index (χ1v) is 5.22. The molecule has 1 aromatic heterocycles. The van der Waals surface area contributed by atoms with E-state index < -0.39 is 0 Å². The van der Waals surface area contributed by atoms with Gasteiger partial charge < -0.3 is 5.73 Å². The first-order valence-electron chi connectivity index (χ1n) is 5.22. The van der Waals surface area contributed by atoms with Crippen LogP contribution in [0.1, 0.15) is 22.4 Å². The van der Waals surface area contributed by atoms with Crippen LogP contribution in [-0.2, 0) is 0 Å². The van der Waals surface area contributed by atoms with Crippen LogP contribution in [0.25, 0.3) is 10.9 Å². The molecule has 0 unspecified atom stereocenters. The Labute approximate surface area is 94.8 Å². The number of hydrogen-bond acceptors (Lipinski definition) is 2. The minimum atomic E-state index is 0.0177. The second-order valence-corrected chi connectivity index (χ2v) is 4.21. The van der Waals surface area contributed by atoms with Gasteiger partial charge >= 0.3 is 0 Å². The number of hydrogen-bond donors (Lipinski definition) is 2. The van der Waals surface area contributed by atoms with Crippen molar-refractivity contribution in [2.75, 3.05) is 0 Å². The van der Waals surface area contributed by atoms with E-state index in [1.165, 1.54) is 11.1 Å². The normalized spacial score (nSPS) is 10.7. The average Bonchev–Trinajstić information content (AvgIpc) is 2.15. The van der Waals surface area contributed by atoms with Gasteiger partial charge in [0.05, 0.1) is 5.52 Å². The summed E-state index contributed by atoms with van der Waals surface area (Å²) in [7, 11) is 0. The van der Waals surface area contributed by atoms with Gasteiger partial charge in [-0.15, -0.1) is 0 Å². The van der Waals surface area contributed by atoms with E-state index in [2.05, 4.69) is 18.0 Å². The molecule has 0 saturated carbocycles. The molecule has 0 fully saturated rings. The number of nitrogens with two attached hydrogens (primary N) is 1. The predicted octanol–water partition coefficient (Wildman–Crippen LogP) is 2.44. The van der Waals surface area contributed by atoms with Gasteiger partial charge in [-0.05, 0) is 49.6 Å². The molecule has 0 aliphatic carbocycles. The maximum absolute atomic E-state index is 7.43. The summed E-state index contributed by atoms with van der Waals surface area (Å²) in [5.41, 5.74) is 10.5. The molecule has 3 nitrogen and oxygen atoms in total. The van der Waals surface area contributed by atoms with Crippen LogP contribution in [0.15, 0.2) is 18.2 Å². The zero-order valence-corrected chi connectivity index (χ0v) is 9.76. The van der Waals surface area contributed by atoms with Gasteiger partial charge in [0.15, 0.2) is 0 Å². The monoisotopic (exact) mass is 213 g/mol. The van der Waals surface area contributed by atoms with E-state index in [4.69, 9.17) is 11.1 Å². The van der Waals surface area contributed by atoms with E-state index in [-0.39, 0.29) is 5.84 Å². The van der Waals surface area contributed by atoms with Gasteiger partial charge in [-0.1, -0.05) is 6.07 Å². The van der Waals surface area contributed by atoms with E-state index in [1.807, 2.05) is 26.0 Å². The number of benzene rings is 1. The zero-order chi connectivity index (χ0) is 11.9. The lowest BCUT2D eigenvalue weighted by Gasteiger charge is -2.09. The third-order valence-electron chi connectivity index (χ3n) is 2.72. The first-order chi connectivity index (χ1) is 7.49. The Morgan fingerprint density at radius 3 is 2.38 bits per heavy atom. The van der Waals surface area contributed by atoms with Gasteiger partial charge in [0.25, 0.3) is 0 Å². The Balaban J connectivity index is 2.87. The summed E-state index contributed by atoms with van der Waals surface area (Å²) >= 11 is 0. The van der Waals surface area contributed by atoms with Crippen LogP contribution in [0, 0.1) is 26.2 Å². The molecule has 2 rings (SSSR count). The molecule has 1 aromatic carbocycles. The highest BCUT2D eigenvalue weighted by Crippen LogP contribution is 2.23. The molecule has 0 aliphatic rings. The topological polar surface area (TPSA) is 62.8 Å². The summed E-state index contributed by atoms with van der Waals surface area (Å²) in [4.78, 5) is 4.41. The molecule has 3 N–H and O–H groups in total. The van der Waals surface area contributed by atoms with Gasteiger partial charge in [0, 0.05) is 5.39 Å². The maximum Gasteiger partial charge on any atom is 0.141 e. The second kappa shape index (κ2) is 3.59. The Bertz CT molecular complexity index is 585. The third-order valence-corrected chi connectivity index (χ3v) is 2.72. The lowest BCUT2D eigenvalue weighted by Crippen LogP contribution is -2.13. The maximum atomic E-state index is 7.43. The summed E-state index contributed by atoms with van der Waals surface area (Å²) < 4.78 is 0. The number of pyridine rings is 1. The predicted molar refractivity (Wildman–Crippen MR) is 67.0 cm³/mol. The molecule has 16 heavy (non-hydrogen) atoms. The Morgan fingerprint density at radius 1 is 1.12 bits per heavy atom. The van der Waals surface area contributed by atoms with Crippen molar-refractivity contribution in [2.24, 2.45) is 5.73 Å². The molecule has 0 aliphatic heterocycles. The number of nitrogens with one attached hydrogen (secondary N) is 1. The quantitative estimate of drug-likeness (QED) is 0.564. The zero-order valence-electron chi connectivity index (χ0n) is 9.76. The number of aryl methyl sites for hydroxylation is 3. The molecule has 0 spiro atoms. The number of amidine groups is 1. The Morgan fingerprint density at radius 2 is 1.75 bits per heavy atom. The standard InChI is InChI=1S/C13H15N3/c1-7-4-8(2)12-9(3)6-11(13(14)15)16-10(12)5-7/h4-6H,1-3H3,(H3,14,15). The molecule has 0 saturated heterocycles. The fourth-order valence-electron chi connectivity index (χ4n) is 2.12. The molecule has 0 bridgehead atoms. The van der Waals surface area contributed by atoms with E-state index in [0.29, 0.717) is 5.69 Å². The molecule has 2 aromatic rings. The van der Waals surface area contributed by atoms with Crippen molar-refractivity contribution in [1.82, 2.24) is 4.98 Å². The molecule has 3 heteroatoms. The highest BCUT2D eigenvalue weighted by atomic mass is 14.8. The van der Waals surface area contributed by atoms with Crippen LogP contribution in [0.3, 0.4) is 0 Å². The Kier molecular flexibility index (Phi) is 2.38. The third kappa shape index (κ3) is 1.65. The van der Waals surface area contributed by atoms with Gasteiger partial charge in [0.2, 0.25) is 0 Å². The summed E-state index contributed by atoms with van der Waals surface area (Å²) in [6.45, 7) is 6.15. The second-order valence-electron chi connectivity index (χ2n) is 4.21. The van der Waals surface area contributed by atoms with Crippen LogP contribution in [-0.4, -0.2) is 10.8 Å². The van der Waals surface area contributed by atoms with Gasteiger partial charge in [-0.2, -0.15) is 0 Å². The van der Waals surface area contributed by atoms with Crippen molar-refractivity contribution in [2.45, 2.75) is 20.8 Å². The molecule has 0 amide bonds. The van der Waals surface area contributed by atoms with Crippen molar-refractivity contribution in [3.8, 4) is 0 Å². The van der Waals surface area contributed by atoms with Gasteiger partial charge in [0.1, 0.15) is 11.5 Å². The summed E-state index contributed by atoms with van der Waals surface area (Å²) in [5, 5.41) is 8.59. The fourth-order valence-corrected chi connectivity index (χ4v) is 2.12. The lowest BCUT2D eigenvalue weighted by atomic mass is 10.0. The molecule has 0 radical (unpaired) electrons. The lowest BCUT2D eigenvalue weighted by molar-refractivity contribution is 1.27. The van der Waals surface area contributed by atoms with E-state index in [1.54, 1.807) is 0 Å². The van der Waals surface area contributed by atoms with E-state index in [0.717, 1.165) is 16.5 Å². The van der Waals surface area contributed by atoms with Crippen molar-refractivity contribution < 1.29 is 0 Å². The van der Waals surface area contributed by atoms with E-state index in [9.17, 15) is 0 Å². The number of nitrogens with zero attached hydrogens (tertiary/aromatic N) is 1. The van der Waals surface area contributed by atoms with Crippen molar-refractivity contribution in [1.29, 1.82) is 5.41 Å². The first kappa shape index (κ1) is 10.6. The molecule has 82 valence electrons. The van der Waals surface area contributed by atoms with Crippen LogP contribution >= 0.6 is 0 Å². The smallest absolute Gasteiger partial charge is 0.141 e. The number of aromatic nitrogens is 1. The minimum absolute atomic E-state index is 0.0177. The summed E-state index contributed by atoms with van der Waals surface area (Å²) in [6.07, 6.45) is 0. The summed E-state index contributed by atoms with van der Waals surface area (Å²) in [5.74, 6) is 0.0177. The molecule has 0 atom stereocenters. The van der Waals surface area contributed by atoms with Gasteiger partial charge in [-0.25, -0.2) is 4.98 Å². The summed E-state index contributed by atoms with van der Waals surface area (Å²) in [6, 6.07) is 6.04. The largest absolute Gasteiger partial charge is 0.382 e. The average molecular weight is 213 g/mol. The van der Waals surface area contributed by atoms with Crippen LogP contribution in [0.4, 0.5) is 0 Å². The van der Waals surface area contributed by atoms with Crippen LogP contribution in [0.5, 0.6) is 0 Å². The number of rotatable bonds is 1. The Hall–Kier alpha value is -1.90. The molecular weight excluding hydrogens is 198 g/mol.